The molecule has 1 aromatic heterocycles. The van der Waals surface area contributed by atoms with Gasteiger partial charge >= 0.3 is 6.36 Å². The monoisotopic (exact) mass is 382 g/mol. The van der Waals surface area contributed by atoms with E-state index in [4.69, 9.17) is 4.42 Å². The van der Waals surface area contributed by atoms with Crippen molar-refractivity contribution in [2.24, 2.45) is 5.92 Å². The maximum Gasteiger partial charge on any atom is 0.573 e. The van der Waals surface area contributed by atoms with Crippen molar-refractivity contribution < 1.29 is 31.9 Å². The van der Waals surface area contributed by atoms with Gasteiger partial charge in [0.25, 0.3) is 5.91 Å². The highest BCUT2D eigenvalue weighted by molar-refractivity contribution is 5.95. The highest BCUT2D eigenvalue weighted by Crippen LogP contribution is 2.31. The first kappa shape index (κ1) is 18.8. The number of para-hydroxylation sites is 2. The third-order valence-electron chi connectivity index (χ3n) is 4.26. The maximum absolute atomic E-state index is 12.5. The minimum atomic E-state index is -4.85. The van der Waals surface area contributed by atoms with E-state index in [-0.39, 0.29) is 17.4 Å². The van der Waals surface area contributed by atoms with Gasteiger partial charge in [-0.1, -0.05) is 12.1 Å². The number of piperidine rings is 1. The summed E-state index contributed by atoms with van der Waals surface area (Å²) in [6, 6.07) is 8.55. The quantitative estimate of drug-likeness (QED) is 0.876. The zero-order chi connectivity index (χ0) is 19.4. The molecule has 0 unspecified atom stereocenters. The molecule has 0 radical (unpaired) electrons. The fourth-order valence-corrected chi connectivity index (χ4v) is 2.92. The van der Waals surface area contributed by atoms with Crippen LogP contribution >= 0.6 is 0 Å². The number of halogens is 3. The molecule has 1 aromatic carbocycles. The Kier molecular flexibility index (Phi) is 5.38. The van der Waals surface area contributed by atoms with Gasteiger partial charge in [0.05, 0.1) is 12.0 Å². The number of carbonyl (C=O) groups is 2. The van der Waals surface area contributed by atoms with Crippen LogP contribution < -0.4 is 10.1 Å². The predicted octanol–water partition coefficient (Wildman–Crippen LogP) is 3.67. The number of hydrogen-bond donors (Lipinski definition) is 1. The van der Waals surface area contributed by atoms with Gasteiger partial charge in [-0.3, -0.25) is 9.59 Å². The summed E-state index contributed by atoms with van der Waals surface area (Å²) >= 11 is 0. The molecule has 2 aromatic rings. The van der Waals surface area contributed by atoms with Crippen molar-refractivity contribution in [3.8, 4) is 5.75 Å². The molecule has 9 heteroatoms. The van der Waals surface area contributed by atoms with Crippen molar-refractivity contribution in [3.05, 3.63) is 48.4 Å². The topological polar surface area (TPSA) is 71.8 Å². The largest absolute Gasteiger partial charge is 0.573 e. The van der Waals surface area contributed by atoms with E-state index in [1.165, 1.54) is 24.5 Å². The molecule has 1 saturated heterocycles. The molecular weight excluding hydrogens is 365 g/mol. The Morgan fingerprint density at radius 2 is 1.81 bits per heavy atom. The van der Waals surface area contributed by atoms with E-state index in [0.717, 1.165) is 6.07 Å². The molecule has 1 aliphatic heterocycles. The molecule has 0 atom stereocenters. The van der Waals surface area contributed by atoms with Crippen molar-refractivity contribution in [1.29, 1.82) is 0 Å². The van der Waals surface area contributed by atoms with Gasteiger partial charge in [0.1, 0.15) is 0 Å². The van der Waals surface area contributed by atoms with Gasteiger partial charge in [-0.25, -0.2) is 0 Å². The van der Waals surface area contributed by atoms with Crippen molar-refractivity contribution in [1.82, 2.24) is 4.90 Å². The molecule has 0 bridgehead atoms. The van der Waals surface area contributed by atoms with E-state index < -0.39 is 23.9 Å². The van der Waals surface area contributed by atoms with E-state index in [9.17, 15) is 22.8 Å². The molecule has 27 heavy (non-hydrogen) atoms. The van der Waals surface area contributed by atoms with Crippen LogP contribution in [0.25, 0.3) is 0 Å². The summed E-state index contributed by atoms with van der Waals surface area (Å²) in [6.45, 7) is 0.719. The minimum absolute atomic E-state index is 0.0473. The summed E-state index contributed by atoms with van der Waals surface area (Å²) in [6.07, 6.45) is -2.63. The summed E-state index contributed by atoms with van der Waals surface area (Å²) in [4.78, 5) is 26.2. The zero-order valence-electron chi connectivity index (χ0n) is 14.2. The lowest BCUT2D eigenvalue weighted by molar-refractivity contribution is -0.274. The maximum atomic E-state index is 12.5. The lowest BCUT2D eigenvalue weighted by atomic mass is 9.95. The highest BCUT2D eigenvalue weighted by Gasteiger charge is 2.33. The Morgan fingerprint density at radius 1 is 1.11 bits per heavy atom. The van der Waals surface area contributed by atoms with Gasteiger partial charge in [0.15, 0.2) is 11.5 Å². The molecule has 0 aliphatic carbocycles. The second-order valence-corrected chi connectivity index (χ2v) is 6.08. The van der Waals surface area contributed by atoms with Crippen LogP contribution in [-0.2, 0) is 4.79 Å². The van der Waals surface area contributed by atoms with Crippen LogP contribution in [0.3, 0.4) is 0 Å². The number of amides is 2. The first-order valence-corrected chi connectivity index (χ1v) is 8.32. The van der Waals surface area contributed by atoms with E-state index in [0.29, 0.717) is 25.9 Å². The number of alkyl halides is 3. The average Bonchev–Trinajstić information content (AvgIpc) is 3.16. The molecule has 2 amide bonds. The van der Waals surface area contributed by atoms with E-state index in [1.807, 2.05) is 0 Å². The Balaban J connectivity index is 1.58. The van der Waals surface area contributed by atoms with Crippen LogP contribution in [0, 0.1) is 5.92 Å². The Morgan fingerprint density at radius 3 is 2.44 bits per heavy atom. The van der Waals surface area contributed by atoms with Gasteiger partial charge in [-0.15, -0.1) is 13.2 Å². The van der Waals surface area contributed by atoms with Crippen molar-refractivity contribution in [2.75, 3.05) is 18.4 Å². The molecular formula is C18H17F3N2O4. The van der Waals surface area contributed by atoms with E-state index >= 15 is 0 Å². The number of ether oxygens (including phenoxy) is 1. The normalized spacial score (nSPS) is 15.4. The lowest BCUT2D eigenvalue weighted by Gasteiger charge is -2.30. The van der Waals surface area contributed by atoms with Crippen LogP contribution in [0.5, 0.6) is 5.75 Å². The minimum Gasteiger partial charge on any atom is -0.459 e. The van der Waals surface area contributed by atoms with Gasteiger partial charge in [-0.05, 0) is 37.1 Å². The standard InChI is InChI=1S/C18H17F3N2O4/c19-18(20,21)27-14-5-2-1-4-13(14)22-16(24)12-7-9-23(10-8-12)17(25)15-6-3-11-26-15/h1-6,11-12H,7-10H2,(H,22,24). The molecule has 3 rings (SSSR count). The first-order valence-electron chi connectivity index (χ1n) is 8.32. The molecule has 0 saturated carbocycles. The van der Waals surface area contributed by atoms with E-state index in [2.05, 4.69) is 10.1 Å². The van der Waals surface area contributed by atoms with Crippen LogP contribution in [-0.4, -0.2) is 36.2 Å². The third kappa shape index (κ3) is 4.81. The van der Waals surface area contributed by atoms with Crippen LogP contribution in [0.4, 0.5) is 18.9 Å². The van der Waals surface area contributed by atoms with Gasteiger partial charge in [-0.2, -0.15) is 0 Å². The SMILES string of the molecule is O=C(Nc1ccccc1OC(F)(F)F)C1CCN(C(=O)c2ccco2)CC1. The summed E-state index contributed by atoms with van der Waals surface area (Å²) in [5, 5.41) is 2.49. The number of benzene rings is 1. The fraction of sp³-hybridized carbons (Fsp3) is 0.333. The fourth-order valence-electron chi connectivity index (χ4n) is 2.92. The van der Waals surface area contributed by atoms with Gasteiger partial charge in [0.2, 0.25) is 5.91 Å². The number of furan rings is 1. The third-order valence-corrected chi connectivity index (χ3v) is 4.26. The molecule has 1 aliphatic rings. The number of likely N-dealkylation sites (tertiary alicyclic amines) is 1. The molecule has 144 valence electrons. The number of carbonyl (C=O) groups excluding carboxylic acids is 2. The number of anilines is 1. The summed E-state index contributed by atoms with van der Waals surface area (Å²) in [7, 11) is 0. The van der Waals surface area contributed by atoms with Crippen LogP contribution in [0.1, 0.15) is 23.4 Å². The highest BCUT2D eigenvalue weighted by atomic mass is 19.4. The molecule has 1 N–H and O–H groups in total. The average molecular weight is 382 g/mol. The number of nitrogens with one attached hydrogen (secondary N) is 1. The molecule has 2 heterocycles. The Hall–Kier alpha value is -2.97. The van der Waals surface area contributed by atoms with Crippen molar-refractivity contribution in [2.45, 2.75) is 19.2 Å². The number of rotatable bonds is 4. The predicted molar refractivity (Wildman–Crippen MR) is 89.1 cm³/mol. The second kappa shape index (κ2) is 7.73. The van der Waals surface area contributed by atoms with Gasteiger partial charge < -0.3 is 19.4 Å². The Bertz CT molecular complexity index is 797. The first-order chi connectivity index (χ1) is 12.8. The van der Waals surface area contributed by atoms with Crippen molar-refractivity contribution >= 4 is 17.5 Å². The molecule has 0 spiro atoms. The van der Waals surface area contributed by atoms with Gasteiger partial charge in [0, 0.05) is 19.0 Å². The number of nitrogens with zero attached hydrogens (tertiary/aromatic N) is 1. The van der Waals surface area contributed by atoms with Crippen molar-refractivity contribution in [3.63, 3.8) is 0 Å². The Labute approximate surface area is 152 Å². The summed E-state index contributed by atoms with van der Waals surface area (Å²) in [5.41, 5.74) is -0.0473. The van der Waals surface area contributed by atoms with Crippen LogP contribution in [0.15, 0.2) is 47.1 Å². The smallest absolute Gasteiger partial charge is 0.459 e. The molecule has 1 fully saturated rings. The van der Waals surface area contributed by atoms with E-state index in [1.54, 1.807) is 17.0 Å². The zero-order valence-corrected chi connectivity index (χ0v) is 14.2. The molecule has 6 nitrogen and oxygen atoms in total. The van der Waals surface area contributed by atoms with Crippen LogP contribution in [0.2, 0.25) is 0 Å². The summed E-state index contributed by atoms with van der Waals surface area (Å²) < 4.78 is 46.4. The number of hydrogen-bond acceptors (Lipinski definition) is 4. The lowest BCUT2D eigenvalue weighted by Crippen LogP contribution is -2.41. The summed E-state index contributed by atoms with van der Waals surface area (Å²) in [5.74, 6) is -1.30. The second-order valence-electron chi connectivity index (χ2n) is 6.08.